The summed E-state index contributed by atoms with van der Waals surface area (Å²) in [5.41, 5.74) is 12.3. The third-order valence-electron chi connectivity index (χ3n) is 13.3. The Morgan fingerprint density at radius 1 is 0.442 bits per heavy atom. The molecule has 86 heavy (non-hydrogen) atoms. The van der Waals surface area contributed by atoms with Crippen LogP contribution in [0.4, 0.5) is 0 Å². The van der Waals surface area contributed by atoms with Crippen molar-refractivity contribution in [1.82, 2.24) is 0 Å². The van der Waals surface area contributed by atoms with Crippen LogP contribution >= 0.6 is 17.6 Å². The van der Waals surface area contributed by atoms with Crippen molar-refractivity contribution >= 4 is 113 Å². The minimum absolute atomic E-state index is 0.199. The van der Waals surface area contributed by atoms with Crippen molar-refractivity contribution in [3.05, 3.63) is 224 Å². The van der Waals surface area contributed by atoms with Crippen LogP contribution in [0.2, 0.25) is 5.82 Å². The molecule has 0 aliphatic carbocycles. The van der Waals surface area contributed by atoms with E-state index in [9.17, 15) is 14.4 Å². The first-order valence-corrected chi connectivity index (χ1v) is 39.3. The molecule has 0 saturated heterocycles. The fraction of sp³-hybridized carbons (Fsp3) is 0.357. The van der Waals surface area contributed by atoms with Gasteiger partial charge in [-0.3, -0.25) is 0 Å². The molecule has 462 valence electrons. The second-order valence-corrected chi connectivity index (χ2v) is 32.7. The molecule has 0 N–H and O–H groups in total. The van der Waals surface area contributed by atoms with E-state index in [4.69, 9.17) is 28.1 Å². The molecule has 10 nitrogen and oxygen atoms in total. The molecule has 0 radical (unpaired) electrons. The van der Waals surface area contributed by atoms with Crippen LogP contribution in [0.15, 0.2) is 158 Å². The molecule has 0 aliphatic heterocycles. The Hall–Kier alpha value is -4.27. The maximum absolute atomic E-state index is 12.9. The summed E-state index contributed by atoms with van der Waals surface area (Å²) in [4.78, 5) is 46.2. The van der Waals surface area contributed by atoms with Gasteiger partial charge in [-0.05, 0) is 49.8 Å². The summed E-state index contributed by atoms with van der Waals surface area (Å²) in [5, 5.41) is 0.904. The normalized spacial score (nSPS) is 10.9. The SMILES string of the molecule is COOCCCCc1cc(C)c(C(=O)OC)c(C)c1.COPCCCCc1cc(C)c(C(=O)OC)c(C([Se]c2ccccc2)[Se]c2ccccc2)c1.COPCCCCc1cc(C)c(C(=O)OC)c(C[Se]c2ccccc2)c1.C[Se]c1ccccc1. The molecule has 16 heteroatoms. The van der Waals surface area contributed by atoms with Crippen LogP contribution in [-0.4, -0.2) is 139 Å². The first-order valence-electron chi connectivity index (χ1n) is 28.8. The maximum atomic E-state index is 12.9. The summed E-state index contributed by atoms with van der Waals surface area (Å²) in [7, 11) is 10.6. The van der Waals surface area contributed by atoms with E-state index in [1.54, 1.807) is 14.2 Å². The molecule has 0 fully saturated rings. The zero-order valence-corrected chi connectivity index (χ0v) is 60.8. The average Bonchev–Trinajstić information content (AvgIpc) is 2.30. The average molecular weight is 1470 g/mol. The summed E-state index contributed by atoms with van der Waals surface area (Å²) < 4.78 is 31.2. The Bertz CT molecular complexity index is 2980. The molecule has 0 heterocycles. The van der Waals surface area contributed by atoms with Crippen LogP contribution in [0.25, 0.3) is 0 Å². The first-order chi connectivity index (χ1) is 41.8. The predicted octanol–water partition coefficient (Wildman–Crippen LogP) is 12.3. The molecule has 0 amide bonds. The van der Waals surface area contributed by atoms with Crippen molar-refractivity contribution in [2.45, 2.75) is 100 Å². The van der Waals surface area contributed by atoms with Gasteiger partial charge in [-0.15, -0.1) is 0 Å². The minimum atomic E-state index is -0.268. The third-order valence-corrected chi connectivity index (χ3v) is 25.2. The van der Waals surface area contributed by atoms with Gasteiger partial charge in [-0.2, -0.15) is 0 Å². The topological polar surface area (TPSA) is 116 Å². The zero-order chi connectivity index (χ0) is 62.3. The van der Waals surface area contributed by atoms with Gasteiger partial charge in [0.1, 0.15) is 0 Å². The molecule has 0 saturated carbocycles. The van der Waals surface area contributed by atoms with E-state index in [1.165, 1.54) is 69.4 Å². The number of unbranched alkanes of at least 4 members (excludes halogenated alkanes) is 3. The number of hydrogen-bond donors (Lipinski definition) is 0. The van der Waals surface area contributed by atoms with Gasteiger partial charge in [0, 0.05) is 0 Å². The van der Waals surface area contributed by atoms with Crippen molar-refractivity contribution in [3.8, 4) is 0 Å². The molecule has 0 aromatic heterocycles. The van der Waals surface area contributed by atoms with E-state index >= 15 is 0 Å². The summed E-state index contributed by atoms with van der Waals surface area (Å²) in [6, 6.07) is 55.3. The molecular formula is C70H88O10P2Se4. The number of rotatable bonds is 30. The number of aryl methyl sites for hydroxylation is 7. The van der Waals surface area contributed by atoms with Crippen LogP contribution in [0.1, 0.15) is 123 Å². The summed E-state index contributed by atoms with van der Waals surface area (Å²) in [6.07, 6.45) is 11.9. The number of esters is 3. The second-order valence-electron chi connectivity index (χ2n) is 19.8. The molecule has 7 aromatic rings. The molecule has 7 aromatic carbocycles. The summed E-state index contributed by atoms with van der Waals surface area (Å²) >= 11 is 1.37. The first kappa shape index (κ1) is 74.2. The van der Waals surface area contributed by atoms with Crippen LogP contribution < -0.4 is 17.8 Å². The van der Waals surface area contributed by atoms with Crippen LogP contribution in [0.3, 0.4) is 0 Å². The number of benzene rings is 7. The van der Waals surface area contributed by atoms with E-state index in [0.717, 1.165) is 114 Å². The zero-order valence-electron chi connectivity index (χ0n) is 52.0. The number of methoxy groups -OCH3 is 3. The van der Waals surface area contributed by atoms with Crippen molar-refractivity contribution in [1.29, 1.82) is 0 Å². The molecule has 0 bridgehead atoms. The molecule has 0 spiro atoms. The number of carbonyl (C=O) groups is 3. The predicted molar refractivity (Wildman–Crippen MR) is 364 cm³/mol. The number of carbonyl (C=O) groups excluding carboxylic acids is 3. The van der Waals surface area contributed by atoms with E-state index in [2.05, 4.69) is 162 Å². The fourth-order valence-corrected chi connectivity index (χ4v) is 20.0. The molecule has 0 aliphatic rings. The van der Waals surface area contributed by atoms with E-state index < -0.39 is 0 Å². The summed E-state index contributed by atoms with van der Waals surface area (Å²) in [5.74, 6) is 1.50. The van der Waals surface area contributed by atoms with Gasteiger partial charge in [0.2, 0.25) is 0 Å². The Balaban J connectivity index is 0.000000266. The molecular weight excluding hydrogens is 1380 g/mol. The Morgan fingerprint density at radius 3 is 1.26 bits per heavy atom. The number of hydrogen-bond acceptors (Lipinski definition) is 10. The van der Waals surface area contributed by atoms with Crippen molar-refractivity contribution in [3.63, 3.8) is 0 Å². The summed E-state index contributed by atoms with van der Waals surface area (Å²) in [6.45, 7) is 8.55. The Labute approximate surface area is 542 Å². The van der Waals surface area contributed by atoms with Gasteiger partial charge in [0.15, 0.2) is 0 Å². The fourth-order valence-electron chi connectivity index (χ4n) is 9.28. The second kappa shape index (κ2) is 44.2. The van der Waals surface area contributed by atoms with Crippen molar-refractivity contribution in [2.24, 2.45) is 0 Å². The Morgan fingerprint density at radius 2 is 0.826 bits per heavy atom. The molecule has 2 unspecified atom stereocenters. The van der Waals surface area contributed by atoms with Gasteiger partial charge in [0.05, 0.1) is 26.4 Å². The van der Waals surface area contributed by atoms with Gasteiger partial charge < -0.3 is 4.74 Å². The molecule has 7 rings (SSSR count). The number of ether oxygens (including phenoxy) is 3. The van der Waals surface area contributed by atoms with Gasteiger partial charge >= 0.3 is 439 Å². The standard InChI is InChI=1S/C27H31O3PSe2.C21H27O3PSe.C15H22O4.C7H8Se/c1-20-18-21(12-10-11-17-31-30-3)19-24(25(20)26(28)29-2)27(32-22-13-6-4-7-14-22)33-23-15-8-5-9-16-23;1-16-13-17(9-7-8-12-25-24-3)14-18(20(16)21(22)23-2)15-26-19-10-5-4-6-11-19;1-11-9-13(7-5-6-8-19-18-4)10-12(2)14(11)15(16)17-3;1-8-7-5-3-2-4-6-7/h4-9,13-16,18-19,27,31H,10-12,17H2,1-3H3;4-6,10-11,13-14,25H,7-9,12,15H2,1-3H3;9-10H,5-8H2,1-4H3;2-6H,1H3. The van der Waals surface area contributed by atoms with E-state index in [1.807, 2.05) is 33.8 Å². The third kappa shape index (κ3) is 27.6. The monoisotopic (exact) mass is 1470 g/mol. The van der Waals surface area contributed by atoms with Crippen LogP contribution in [0.5, 0.6) is 0 Å². The van der Waals surface area contributed by atoms with Crippen LogP contribution in [-0.2, 0) is 57.6 Å². The van der Waals surface area contributed by atoms with Crippen molar-refractivity contribution < 1.29 is 47.4 Å². The van der Waals surface area contributed by atoms with E-state index in [-0.39, 0.29) is 47.8 Å². The van der Waals surface area contributed by atoms with Crippen LogP contribution in [0, 0.1) is 27.7 Å². The Kier molecular flexibility index (Phi) is 38.1. The molecule has 2 atom stereocenters. The quantitative estimate of drug-likeness (QED) is 0.00820. The van der Waals surface area contributed by atoms with Gasteiger partial charge in [-0.1, -0.05) is 12.1 Å². The van der Waals surface area contributed by atoms with Gasteiger partial charge in [-0.25, -0.2) is 14.6 Å². The van der Waals surface area contributed by atoms with Gasteiger partial charge in [0.25, 0.3) is 0 Å². The van der Waals surface area contributed by atoms with E-state index in [0.29, 0.717) is 63.4 Å². The van der Waals surface area contributed by atoms with Crippen molar-refractivity contribution in [2.75, 3.05) is 61.6 Å².